The predicted octanol–water partition coefficient (Wildman–Crippen LogP) is 2.71. The minimum absolute atomic E-state index is 0.107. The average molecular weight is 230 g/mol. The standard InChI is InChI=1S/C10H9F3N2O/c1-15-6-14-8-4-2-3-7(5-9(8)15)16-10(11,12)13/h2,4-6H,3H2,1H3. The van der Waals surface area contributed by atoms with E-state index in [4.69, 9.17) is 0 Å². The molecule has 16 heavy (non-hydrogen) atoms. The van der Waals surface area contributed by atoms with Crippen LogP contribution in [0.3, 0.4) is 0 Å². The Morgan fingerprint density at radius 2 is 2.19 bits per heavy atom. The number of alkyl halides is 3. The fourth-order valence-corrected chi connectivity index (χ4v) is 1.48. The van der Waals surface area contributed by atoms with Gasteiger partial charge in [0.15, 0.2) is 0 Å². The number of rotatable bonds is 1. The van der Waals surface area contributed by atoms with Gasteiger partial charge in [0.25, 0.3) is 0 Å². The van der Waals surface area contributed by atoms with Crippen LogP contribution in [0.15, 0.2) is 18.2 Å². The van der Waals surface area contributed by atoms with Gasteiger partial charge in [-0.15, -0.1) is 13.2 Å². The maximum Gasteiger partial charge on any atom is 0.572 e. The summed E-state index contributed by atoms with van der Waals surface area (Å²) in [6.07, 6.45) is 1.63. The third-order valence-corrected chi connectivity index (χ3v) is 2.15. The van der Waals surface area contributed by atoms with E-state index in [1.807, 2.05) is 0 Å². The first kappa shape index (κ1) is 10.8. The Morgan fingerprint density at radius 1 is 1.44 bits per heavy atom. The van der Waals surface area contributed by atoms with Crippen LogP contribution in [0.25, 0.3) is 12.2 Å². The normalized spacial score (nSPS) is 15.4. The molecule has 2 rings (SSSR count). The van der Waals surface area contributed by atoms with Crippen LogP contribution in [0, 0.1) is 0 Å². The van der Waals surface area contributed by atoms with Crippen molar-refractivity contribution in [3.63, 3.8) is 0 Å². The molecule has 0 bridgehead atoms. The van der Waals surface area contributed by atoms with Gasteiger partial charge in [0.1, 0.15) is 5.76 Å². The first-order chi connectivity index (χ1) is 7.46. The number of aromatic nitrogens is 2. The summed E-state index contributed by atoms with van der Waals surface area (Å²) in [4.78, 5) is 4.04. The van der Waals surface area contributed by atoms with E-state index < -0.39 is 6.36 Å². The second-order valence-corrected chi connectivity index (χ2v) is 3.39. The van der Waals surface area contributed by atoms with Gasteiger partial charge in [-0.3, -0.25) is 0 Å². The van der Waals surface area contributed by atoms with Crippen molar-refractivity contribution >= 4 is 12.2 Å². The first-order valence-electron chi connectivity index (χ1n) is 4.60. The summed E-state index contributed by atoms with van der Waals surface area (Å²) in [6.45, 7) is 0. The zero-order chi connectivity index (χ0) is 11.8. The average Bonchev–Trinajstić information content (AvgIpc) is 2.40. The lowest BCUT2D eigenvalue weighted by Gasteiger charge is -2.10. The molecule has 0 radical (unpaired) electrons. The molecular weight excluding hydrogens is 221 g/mol. The molecule has 1 aromatic rings. The van der Waals surface area contributed by atoms with Crippen molar-refractivity contribution in [2.24, 2.45) is 7.05 Å². The van der Waals surface area contributed by atoms with Gasteiger partial charge in [-0.05, 0) is 6.08 Å². The lowest BCUT2D eigenvalue weighted by Crippen LogP contribution is -2.12. The molecule has 0 fully saturated rings. The minimum atomic E-state index is -4.65. The smallest absolute Gasteiger partial charge is 0.410 e. The quantitative estimate of drug-likeness (QED) is 0.741. The summed E-state index contributed by atoms with van der Waals surface area (Å²) in [6, 6.07) is 0. The molecule has 1 aliphatic rings. The Kier molecular flexibility index (Phi) is 2.49. The Morgan fingerprint density at radius 3 is 2.88 bits per heavy atom. The van der Waals surface area contributed by atoms with Crippen LogP contribution in [-0.4, -0.2) is 15.9 Å². The number of halogens is 3. The lowest BCUT2D eigenvalue weighted by molar-refractivity contribution is -0.305. The zero-order valence-electron chi connectivity index (χ0n) is 8.45. The van der Waals surface area contributed by atoms with Crippen molar-refractivity contribution in [1.29, 1.82) is 0 Å². The van der Waals surface area contributed by atoms with Crippen molar-refractivity contribution in [2.75, 3.05) is 0 Å². The zero-order valence-corrected chi connectivity index (χ0v) is 8.45. The van der Waals surface area contributed by atoms with Gasteiger partial charge in [-0.2, -0.15) is 0 Å². The minimum Gasteiger partial charge on any atom is -0.410 e. The maximum atomic E-state index is 12.1. The number of imidazole rings is 1. The third kappa shape index (κ3) is 2.26. The summed E-state index contributed by atoms with van der Waals surface area (Å²) < 4.78 is 41.7. The molecule has 6 heteroatoms. The summed E-state index contributed by atoms with van der Waals surface area (Å²) in [5.74, 6) is -0.133. The number of aryl methyl sites for hydroxylation is 1. The van der Waals surface area contributed by atoms with Gasteiger partial charge in [-0.1, -0.05) is 6.08 Å². The molecule has 0 saturated heterocycles. The fourth-order valence-electron chi connectivity index (χ4n) is 1.48. The van der Waals surface area contributed by atoms with Crippen LogP contribution in [0.4, 0.5) is 13.2 Å². The molecule has 3 nitrogen and oxygen atoms in total. The number of hydrogen-bond donors (Lipinski definition) is 0. The van der Waals surface area contributed by atoms with Crippen LogP contribution in [-0.2, 0) is 11.8 Å². The molecule has 0 aliphatic heterocycles. The topological polar surface area (TPSA) is 27.1 Å². The molecule has 0 aromatic carbocycles. The molecule has 86 valence electrons. The molecular formula is C10H9F3N2O. The Bertz CT molecular complexity index is 457. The van der Waals surface area contributed by atoms with E-state index in [0.717, 1.165) is 0 Å². The van der Waals surface area contributed by atoms with Crippen molar-refractivity contribution in [2.45, 2.75) is 12.8 Å². The number of fused-ring (bicyclic) bond motifs is 1. The number of ether oxygens (including phenoxy) is 1. The summed E-state index contributed by atoms with van der Waals surface area (Å²) in [5, 5.41) is 0. The van der Waals surface area contributed by atoms with Crippen LogP contribution in [0.1, 0.15) is 17.8 Å². The van der Waals surface area contributed by atoms with Gasteiger partial charge < -0.3 is 9.30 Å². The molecule has 1 heterocycles. The number of hydrogen-bond acceptors (Lipinski definition) is 2. The Labute approximate surface area is 89.8 Å². The predicted molar refractivity (Wildman–Crippen MR) is 52.0 cm³/mol. The van der Waals surface area contributed by atoms with Crippen LogP contribution < -0.4 is 0 Å². The van der Waals surface area contributed by atoms with Crippen molar-refractivity contribution < 1.29 is 17.9 Å². The third-order valence-electron chi connectivity index (χ3n) is 2.15. The van der Waals surface area contributed by atoms with Crippen LogP contribution >= 0.6 is 0 Å². The molecule has 0 N–H and O–H groups in total. The summed E-state index contributed by atoms with van der Waals surface area (Å²) in [7, 11) is 1.71. The first-order valence-corrected chi connectivity index (χ1v) is 4.60. The molecule has 0 amide bonds. The summed E-state index contributed by atoms with van der Waals surface area (Å²) >= 11 is 0. The Balaban J connectivity index is 2.34. The number of nitrogens with zero attached hydrogens (tertiary/aromatic N) is 2. The van der Waals surface area contributed by atoms with E-state index >= 15 is 0 Å². The van der Waals surface area contributed by atoms with Crippen LogP contribution in [0.2, 0.25) is 0 Å². The van der Waals surface area contributed by atoms with Gasteiger partial charge in [0.05, 0.1) is 17.7 Å². The highest BCUT2D eigenvalue weighted by Crippen LogP contribution is 2.27. The molecule has 1 aromatic heterocycles. The molecule has 0 unspecified atom stereocenters. The highest BCUT2D eigenvalue weighted by Gasteiger charge is 2.32. The van der Waals surface area contributed by atoms with Gasteiger partial charge in [0, 0.05) is 19.5 Å². The largest absolute Gasteiger partial charge is 0.572 e. The maximum absolute atomic E-state index is 12.1. The van der Waals surface area contributed by atoms with Crippen molar-refractivity contribution in [3.05, 3.63) is 29.6 Å². The van der Waals surface area contributed by atoms with E-state index in [1.165, 1.54) is 6.08 Å². The van der Waals surface area contributed by atoms with Gasteiger partial charge >= 0.3 is 6.36 Å². The number of allylic oxidation sites excluding steroid dienone is 1. The van der Waals surface area contributed by atoms with E-state index in [9.17, 15) is 13.2 Å². The second-order valence-electron chi connectivity index (χ2n) is 3.39. The van der Waals surface area contributed by atoms with Gasteiger partial charge in [0.2, 0.25) is 0 Å². The monoisotopic (exact) mass is 230 g/mol. The highest BCUT2D eigenvalue weighted by molar-refractivity contribution is 5.63. The van der Waals surface area contributed by atoms with E-state index in [2.05, 4.69) is 9.72 Å². The van der Waals surface area contributed by atoms with E-state index in [0.29, 0.717) is 11.4 Å². The van der Waals surface area contributed by atoms with Gasteiger partial charge in [-0.25, -0.2) is 4.98 Å². The summed E-state index contributed by atoms with van der Waals surface area (Å²) in [5.41, 5.74) is 1.25. The second kappa shape index (κ2) is 3.70. The lowest BCUT2D eigenvalue weighted by atomic mass is 10.3. The molecule has 0 saturated carbocycles. The Hall–Kier alpha value is -1.72. The van der Waals surface area contributed by atoms with Crippen molar-refractivity contribution in [3.8, 4) is 0 Å². The van der Waals surface area contributed by atoms with E-state index in [1.54, 1.807) is 30.1 Å². The van der Waals surface area contributed by atoms with Crippen molar-refractivity contribution in [1.82, 2.24) is 9.55 Å². The highest BCUT2D eigenvalue weighted by atomic mass is 19.4. The molecule has 0 spiro atoms. The molecule has 0 atom stereocenters. The van der Waals surface area contributed by atoms with E-state index in [-0.39, 0.29) is 12.2 Å². The molecule has 1 aliphatic carbocycles. The fraction of sp³-hybridized carbons (Fsp3) is 0.300. The van der Waals surface area contributed by atoms with Crippen LogP contribution in [0.5, 0.6) is 0 Å². The SMILES string of the molecule is Cn1cnc2c1C=C(OC(F)(F)F)CC=C2.